The van der Waals surface area contributed by atoms with Gasteiger partial charge in [0.1, 0.15) is 0 Å². The Morgan fingerprint density at radius 1 is 1.09 bits per heavy atom. The van der Waals surface area contributed by atoms with Crippen molar-refractivity contribution >= 4 is 56.9 Å². The van der Waals surface area contributed by atoms with Crippen molar-refractivity contribution in [3.05, 3.63) is 64.4 Å². The van der Waals surface area contributed by atoms with Crippen molar-refractivity contribution in [2.75, 3.05) is 11.1 Å². The Morgan fingerprint density at radius 2 is 1.86 bits per heavy atom. The molecule has 22 heavy (non-hydrogen) atoms. The number of fused-ring (bicyclic) bond motifs is 1. The summed E-state index contributed by atoms with van der Waals surface area (Å²) in [5, 5.41) is 3.99. The lowest BCUT2D eigenvalue weighted by atomic mass is 10.2. The van der Waals surface area contributed by atoms with Gasteiger partial charge in [-0.15, -0.1) is 11.8 Å². The van der Waals surface area contributed by atoms with Crippen LogP contribution in [0.25, 0.3) is 10.9 Å². The highest BCUT2D eigenvalue weighted by Crippen LogP contribution is 2.26. The molecule has 1 aromatic heterocycles. The van der Waals surface area contributed by atoms with Crippen molar-refractivity contribution in [1.29, 1.82) is 0 Å². The predicted octanol–water partition coefficient (Wildman–Crippen LogP) is 4.57. The maximum Gasteiger partial charge on any atom is 0.234 e. The fourth-order valence-corrected chi connectivity index (χ4v) is 3.27. The molecule has 3 aromatic rings. The van der Waals surface area contributed by atoms with E-state index in [1.54, 1.807) is 6.20 Å². The number of pyridine rings is 1. The first-order valence-corrected chi connectivity index (χ1v) is 8.81. The quantitative estimate of drug-likeness (QED) is 0.497. The van der Waals surface area contributed by atoms with Gasteiger partial charge in [-0.3, -0.25) is 9.78 Å². The number of amides is 1. The van der Waals surface area contributed by atoms with E-state index in [-0.39, 0.29) is 5.91 Å². The van der Waals surface area contributed by atoms with E-state index in [1.807, 2.05) is 54.6 Å². The lowest BCUT2D eigenvalue weighted by molar-refractivity contribution is -0.113. The molecule has 0 spiro atoms. The molecule has 0 unspecified atom stereocenters. The fraction of sp³-hybridized carbons (Fsp3) is 0.0588. The van der Waals surface area contributed by atoms with Crippen molar-refractivity contribution in [2.24, 2.45) is 0 Å². The van der Waals surface area contributed by atoms with Gasteiger partial charge in [-0.25, -0.2) is 0 Å². The van der Waals surface area contributed by atoms with Crippen LogP contribution in [-0.2, 0) is 4.79 Å². The number of anilines is 1. The molecule has 0 aliphatic carbocycles. The van der Waals surface area contributed by atoms with Gasteiger partial charge in [0.05, 0.1) is 11.3 Å². The molecule has 0 aliphatic heterocycles. The Balaban J connectivity index is 1.66. The van der Waals surface area contributed by atoms with Gasteiger partial charge < -0.3 is 5.32 Å². The second-order valence-electron chi connectivity index (χ2n) is 4.68. The summed E-state index contributed by atoms with van der Waals surface area (Å²) in [7, 11) is 0. The lowest BCUT2D eigenvalue weighted by Gasteiger charge is -2.07. The van der Waals surface area contributed by atoms with Crippen LogP contribution in [0, 0.1) is 3.57 Å². The highest BCUT2D eigenvalue weighted by molar-refractivity contribution is 14.1. The van der Waals surface area contributed by atoms with E-state index in [0.29, 0.717) is 5.75 Å². The first-order valence-electron chi connectivity index (χ1n) is 6.74. The average Bonchev–Trinajstić information content (AvgIpc) is 2.55. The third-order valence-electron chi connectivity index (χ3n) is 3.08. The molecule has 1 N–H and O–H groups in total. The number of halogens is 1. The van der Waals surface area contributed by atoms with E-state index >= 15 is 0 Å². The third kappa shape index (κ3) is 3.78. The van der Waals surface area contributed by atoms with Crippen molar-refractivity contribution in [2.45, 2.75) is 4.90 Å². The molecule has 5 heteroatoms. The fourth-order valence-electron chi connectivity index (χ4n) is 2.07. The van der Waals surface area contributed by atoms with Crippen LogP contribution in [0.4, 0.5) is 5.69 Å². The first kappa shape index (κ1) is 15.3. The Morgan fingerprint density at radius 3 is 2.68 bits per heavy atom. The SMILES string of the molecule is O=C(CSc1cccc2cccnc12)Nc1ccc(I)cc1. The van der Waals surface area contributed by atoms with Gasteiger partial charge in [-0.1, -0.05) is 18.2 Å². The standard InChI is InChI=1S/C17H13IN2OS/c18-13-6-8-14(9-7-13)20-16(21)11-22-15-5-1-3-12-4-2-10-19-17(12)15/h1-10H,11H2,(H,20,21). The van der Waals surface area contributed by atoms with Crippen LogP contribution in [0.15, 0.2) is 65.7 Å². The second-order valence-corrected chi connectivity index (χ2v) is 6.94. The van der Waals surface area contributed by atoms with Crippen LogP contribution in [0.1, 0.15) is 0 Å². The second kappa shape index (κ2) is 7.11. The summed E-state index contributed by atoms with van der Waals surface area (Å²) < 4.78 is 1.15. The molecule has 0 aliphatic rings. The van der Waals surface area contributed by atoms with E-state index < -0.39 is 0 Å². The number of thioether (sulfide) groups is 1. The van der Waals surface area contributed by atoms with Crippen LogP contribution in [0.3, 0.4) is 0 Å². The minimum atomic E-state index is -0.0147. The predicted molar refractivity (Wildman–Crippen MR) is 100 cm³/mol. The summed E-state index contributed by atoms with van der Waals surface area (Å²) in [6, 6.07) is 17.7. The van der Waals surface area contributed by atoms with Crippen LogP contribution in [-0.4, -0.2) is 16.6 Å². The number of hydrogen-bond acceptors (Lipinski definition) is 3. The minimum absolute atomic E-state index is 0.0147. The largest absolute Gasteiger partial charge is 0.325 e. The number of aromatic nitrogens is 1. The van der Waals surface area contributed by atoms with E-state index in [1.165, 1.54) is 11.8 Å². The number of carbonyl (C=O) groups excluding carboxylic acids is 1. The highest BCUT2D eigenvalue weighted by atomic mass is 127. The molecule has 0 saturated carbocycles. The zero-order chi connectivity index (χ0) is 15.4. The summed E-state index contributed by atoms with van der Waals surface area (Å²) >= 11 is 3.74. The smallest absolute Gasteiger partial charge is 0.234 e. The Kier molecular flexibility index (Phi) is 4.94. The topological polar surface area (TPSA) is 42.0 Å². The molecule has 1 heterocycles. The van der Waals surface area contributed by atoms with E-state index in [0.717, 1.165) is 25.1 Å². The zero-order valence-corrected chi connectivity index (χ0v) is 14.6. The molecule has 0 fully saturated rings. The van der Waals surface area contributed by atoms with Gasteiger partial charge in [0.25, 0.3) is 0 Å². The Hall–Kier alpha value is -1.60. The number of benzene rings is 2. The zero-order valence-electron chi connectivity index (χ0n) is 11.6. The summed E-state index contributed by atoms with van der Waals surface area (Å²) in [4.78, 5) is 17.5. The number of nitrogens with zero attached hydrogens (tertiary/aromatic N) is 1. The maximum atomic E-state index is 12.1. The van der Waals surface area contributed by atoms with E-state index in [9.17, 15) is 4.79 Å². The van der Waals surface area contributed by atoms with Crippen LogP contribution in [0.5, 0.6) is 0 Å². The molecule has 0 radical (unpaired) electrons. The van der Waals surface area contributed by atoms with Crippen molar-refractivity contribution in [3.63, 3.8) is 0 Å². The van der Waals surface area contributed by atoms with Gasteiger partial charge in [0, 0.05) is 25.7 Å². The number of para-hydroxylation sites is 1. The van der Waals surface area contributed by atoms with Crippen LogP contribution in [0.2, 0.25) is 0 Å². The molecular weight excluding hydrogens is 407 g/mol. The lowest BCUT2D eigenvalue weighted by Crippen LogP contribution is -2.13. The Bertz CT molecular complexity index is 800. The number of carbonyl (C=O) groups is 1. The molecule has 0 atom stereocenters. The van der Waals surface area contributed by atoms with E-state index in [2.05, 4.69) is 32.9 Å². The first-order chi connectivity index (χ1) is 10.7. The molecule has 2 aromatic carbocycles. The molecule has 110 valence electrons. The normalized spacial score (nSPS) is 10.6. The summed E-state index contributed by atoms with van der Waals surface area (Å²) in [6.45, 7) is 0. The monoisotopic (exact) mass is 420 g/mol. The number of rotatable bonds is 4. The van der Waals surface area contributed by atoms with E-state index in [4.69, 9.17) is 0 Å². The molecule has 0 bridgehead atoms. The van der Waals surface area contributed by atoms with Gasteiger partial charge in [0.2, 0.25) is 5.91 Å². The average molecular weight is 420 g/mol. The molecule has 3 nitrogen and oxygen atoms in total. The maximum absolute atomic E-state index is 12.1. The van der Waals surface area contributed by atoms with Crippen molar-refractivity contribution in [1.82, 2.24) is 4.98 Å². The Labute approximate surface area is 146 Å². The van der Waals surface area contributed by atoms with Crippen LogP contribution >= 0.6 is 34.4 Å². The summed E-state index contributed by atoms with van der Waals surface area (Å²) in [5.74, 6) is 0.348. The van der Waals surface area contributed by atoms with Gasteiger partial charge in [-0.2, -0.15) is 0 Å². The van der Waals surface area contributed by atoms with Gasteiger partial charge in [-0.05, 0) is 59.0 Å². The van der Waals surface area contributed by atoms with Gasteiger partial charge in [0.15, 0.2) is 0 Å². The summed E-state index contributed by atoms with van der Waals surface area (Å²) in [6.07, 6.45) is 1.78. The molecule has 3 rings (SSSR count). The van der Waals surface area contributed by atoms with Crippen LogP contribution < -0.4 is 5.32 Å². The number of hydrogen-bond donors (Lipinski definition) is 1. The number of nitrogens with one attached hydrogen (secondary N) is 1. The van der Waals surface area contributed by atoms with Crippen molar-refractivity contribution in [3.8, 4) is 0 Å². The minimum Gasteiger partial charge on any atom is -0.325 e. The van der Waals surface area contributed by atoms with Gasteiger partial charge >= 0.3 is 0 Å². The third-order valence-corrected chi connectivity index (χ3v) is 4.85. The molecular formula is C17H13IN2OS. The molecule has 1 amide bonds. The highest BCUT2D eigenvalue weighted by Gasteiger charge is 2.07. The molecule has 0 saturated heterocycles. The summed E-state index contributed by atoms with van der Waals surface area (Å²) in [5.41, 5.74) is 1.76. The van der Waals surface area contributed by atoms with Crippen molar-refractivity contribution < 1.29 is 4.79 Å².